The maximum atomic E-state index is 12.5. The number of carbonyl (C=O) groups is 1. The van der Waals surface area contributed by atoms with E-state index < -0.39 is 0 Å². The van der Waals surface area contributed by atoms with Crippen LogP contribution in [0, 0.1) is 13.8 Å². The summed E-state index contributed by atoms with van der Waals surface area (Å²) in [5.74, 6) is 1.42. The number of benzene rings is 2. The van der Waals surface area contributed by atoms with Gasteiger partial charge in [-0.15, -0.1) is 0 Å². The normalized spacial score (nSPS) is 14.8. The Kier molecular flexibility index (Phi) is 5.53. The fourth-order valence-corrected chi connectivity index (χ4v) is 3.69. The lowest BCUT2D eigenvalue weighted by Gasteiger charge is -2.30. The van der Waals surface area contributed by atoms with Crippen molar-refractivity contribution < 1.29 is 9.32 Å². The Morgan fingerprint density at radius 3 is 2.69 bits per heavy atom. The first-order valence-corrected chi connectivity index (χ1v) is 10.1. The van der Waals surface area contributed by atoms with Gasteiger partial charge in [-0.1, -0.05) is 46.6 Å². The summed E-state index contributed by atoms with van der Waals surface area (Å²) in [5, 5.41) is 7.69. The zero-order valence-corrected chi connectivity index (χ0v) is 17.2. The van der Waals surface area contributed by atoms with Crippen molar-refractivity contribution >= 4 is 23.3 Å². The number of aromatic nitrogens is 2. The molecule has 7 heteroatoms. The van der Waals surface area contributed by atoms with Gasteiger partial charge in [0.2, 0.25) is 11.7 Å². The fraction of sp³-hybridized carbons (Fsp3) is 0.318. The van der Waals surface area contributed by atoms with Crippen LogP contribution in [0.25, 0.3) is 11.4 Å². The molecule has 1 aliphatic heterocycles. The lowest BCUT2D eigenvalue weighted by Crippen LogP contribution is -2.40. The number of anilines is 1. The van der Waals surface area contributed by atoms with Gasteiger partial charge in [-0.3, -0.25) is 0 Å². The highest BCUT2D eigenvalue weighted by molar-refractivity contribution is 6.31. The summed E-state index contributed by atoms with van der Waals surface area (Å²) in [4.78, 5) is 18.9. The SMILES string of the molecule is Cc1cccc(-c2noc(C3CCN(C(=O)Nc4ccc(C)c(Cl)c4)CC3)n2)c1. The maximum Gasteiger partial charge on any atom is 0.321 e. The first kappa shape index (κ1) is 19.5. The number of aryl methyl sites for hydroxylation is 2. The molecule has 0 aliphatic carbocycles. The summed E-state index contributed by atoms with van der Waals surface area (Å²) < 4.78 is 5.52. The van der Waals surface area contributed by atoms with E-state index in [2.05, 4.69) is 15.5 Å². The summed E-state index contributed by atoms with van der Waals surface area (Å²) in [7, 11) is 0. The topological polar surface area (TPSA) is 71.3 Å². The van der Waals surface area contributed by atoms with E-state index in [-0.39, 0.29) is 11.9 Å². The van der Waals surface area contributed by atoms with Crippen molar-refractivity contribution in [3.63, 3.8) is 0 Å². The van der Waals surface area contributed by atoms with Gasteiger partial charge in [-0.05, 0) is 50.5 Å². The molecule has 3 aromatic rings. The monoisotopic (exact) mass is 410 g/mol. The van der Waals surface area contributed by atoms with Crippen molar-refractivity contribution in [2.24, 2.45) is 0 Å². The molecule has 0 radical (unpaired) electrons. The highest BCUT2D eigenvalue weighted by Gasteiger charge is 2.27. The Hall–Kier alpha value is -2.86. The molecule has 1 N–H and O–H groups in total. The molecule has 0 bridgehead atoms. The third kappa shape index (κ3) is 4.43. The van der Waals surface area contributed by atoms with Crippen molar-refractivity contribution in [3.05, 3.63) is 64.5 Å². The van der Waals surface area contributed by atoms with E-state index >= 15 is 0 Å². The number of amides is 2. The van der Waals surface area contributed by atoms with Gasteiger partial charge >= 0.3 is 6.03 Å². The van der Waals surface area contributed by atoms with Gasteiger partial charge in [-0.2, -0.15) is 4.98 Å². The molecule has 0 spiro atoms. The standard InChI is InChI=1S/C22H23ClN4O2/c1-14-4-3-5-17(12-14)20-25-21(29-26-20)16-8-10-27(11-9-16)22(28)24-18-7-6-15(2)19(23)13-18/h3-7,12-13,16H,8-11H2,1-2H3,(H,24,28). The van der Waals surface area contributed by atoms with Gasteiger partial charge in [-0.25, -0.2) is 4.79 Å². The second kappa shape index (κ2) is 8.25. The molecule has 29 heavy (non-hydrogen) atoms. The number of rotatable bonds is 3. The number of nitrogens with one attached hydrogen (secondary N) is 1. The van der Waals surface area contributed by atoms with E-state index in [4.69, 9.17) is 16.1 Å². The zero-order chi connectivity index (χ0) is 20.4. The van der Waals surface area contributed by atoms with E-state index in [0.717, 1.165) is 29.5 Å². The summed E-state index contributed by atoms with van der Waals surface area (Å²) in [6, 6.07) is 13.4. The average Bonchev–Trinajstić information content (AvgIpc) is 3.21. The third-order valence-electron chi connectivity index (χ3n) is 5.27. The molecule has 6 nitrogen and oxygen atoms in total. The number of hydrogen-bond acceptors (Lipinski definition) is 4. The minimum Gasteiger partial charge on any atom is -0.339 e. The molecular weight excluding hydrogens is 388 g/mol. The summed E-state index contributed by atoms with van der Waals surface area (Å²) in [6.45, 7) is 5.24. The van der Waals surface area contributed by atoms with Crippen LogP contribution >= 0.6 is 11.6 Å². The van der Waals surface area contributed by atoms with Crippen LogP contribution in [-0.2, 0) is 0 Å². The van der Waals surface area contributed by atoms with Crippen molar-refractivity contribution in [3.8, 4) is 11.4 Å². The van der Waals surface area contributed by atoms with Crippen LogP contribution in [0.5, 0.6) is 0 Å². The number of halogens is 1. The van der Waals surface area contributed by atoms with Crippen LogP contribution in [0.15, 0.2) is 47.0 Å². The number of hydrogen-bond donors (Lipinski definition) is 1. The molecule has 2 aromatic carbocycles. The van der Waals surface area contributed by atoms with Gasteiger partial charge in [0.15, 0.2) is 0 Å². The van der Waals surface area contributed by atoms with Crippen LogP contribution in [0.2, 0.25) is 5.02 Å². The molecule has 2 amide bonds. The Balaban J connectivity index is 1.35. The minimum atomic E-state index is -0.116. The number of carbonyl (C=O) groups excluding carboxylic acids is 1. The van der Waals surface area contributed by atoms with Crippen molar-refractivity contribution in [1.82, 2.24) is 15.0 Å². The quantitative estimate of drug-likeness (QED) is 0.625. The molecule has 150 valence electrons. The molecule has 1 aliphatic rings. The first-order valence-electron chi connectivity index (χ1n) is 9.72. The van der Waals surface area contributed by atoms with E-state index in [1.165, 1.54) is 0 Å². The summed E-state index contributed by atoms with van der Waals surface area (Å²) in [6.07, 6.45) is 1.58. The molecule has 2 heterocycles. The van der Waals surface area contributed by atoms with Crippen molar-refractivity contribution in [2.45, 2.75) is 32.6 Å². The van der Waals surface area contributed by atoms with Gasteiger partial charge in [0.05, 0.1) is 0 Å². The lowest BCUT2D eigenvalue weighted by molar-refractivity contribution is 0.187. The Bertz CT molecular complexity index is 1030. The van der Waals surface area contributed by atoms with E-state index in [0.29, 0.717) is 35.5 Å². The van der Waals surface area contributed by atoms with Crippen LogP contribution in [0.4, 0.5) is 10.5 Å². The van der Waals surface area contributed by atoms with Gasteiger partial charge in [0.1, 0.15) is 0 Å². The smallest absolute Gasteiger partial charge is 0.321 e. The predicted octanol–water partition coefficient (Wildman–Crippen LogP) is 5.42. The molecule has 0 unspecified atom stereocenters. The predicted molar refractivity (Wildman–Crippen MR) is 113 cm³/mol. The van der Waals surface area contributed by atoms with Gasteiger partial charge in [0, 0.05) is 35.3 Å². The van der Waals surface area contributed by atoms with Crippen LogP contribution < -0.4 is 5.32 Å². The van der Waals surface area contributed by atoms with Crippen molar-refractivity contribution in [2.75, 3.05) is 18.4 Å². The molecule has 4 rings (SSSR count). The molecular formula is C22H23ClN4O2. The zero-order valence-electron chi connectivity index (χ0n) is 16.5. The number of piperidine rings is 1. The second-order valence-electron chi connectivity index (χ2n) is 7.48. The summed E-state index contributed by atoms with van der Waals surface area (Å²) >= 11 is 6.14. The Labute approximate surface area is 174 Å². The maximum absolute atomic E-state index is 12.5. The van der Waals surface area contributed by atoms with E-state index in [1.807, 2.05) is 55.1 Å². The minimum absolute atomic E-state index is 0.116. The molecule has 1 fully saturated rings. The Morgan fingerprint density at radius 1 is 1.17 bits per heavy atom. The van der Waals surface area contributed by atoms with E-state index in [9.17, 15) is 4.79 Å². The number of likely N-dealkylation sites (tertiary alicyclic amines) is 1. The molecule has 0 atom stereocenters. The van der Waals surface area contributed by atoms with Crippen LogP contribution in [0.3, 0.4) is 0 Å². The van der Waals surface area contributed by atoms with Crippen LogP contribution in [-0.4, -0.2) is 34.2 Å². The summed E-state index contributed by atoms with van der Waals surface area (Å²) in [5.41, 5.74) is 3.79. The van der Waals surface area contributed by atoms with Gasteiger partial charge in [0.25, 0.3) is 0 Å². The van der Waals surface area contributed by atoms with Crippen molar-refractivity contribution in [1.29, 1.82) is 0 Å². The molecule has 1 saturated heterocycles. The number of urea groups is 1. The number of nitrogens with zero attached hydrogens (tertiary/aromatic N) is 3. The highest BCUT2D eigenvalue weighted by Crippen LogP contribution is 2.29. The highest BCUT2D eigenvalue weighted by atomic mass is 35.5. The largest absolute Gasteiger partial charge is 0.339 e. The second-order valence-corrected chi connectivity index (χ2v) is 7.89. The fourth-order valence-electron chi connectivity index (χ4n) is 3.51. The molecule has 1 aromatic heterocycles. The first-order chi connectivity index (χ1) is 14.0. The Morgan fingerprint density at radius 2 is 1.97 bits per heavy atom. The van der Waals surface area contributed by atoms with Crippen LogP contribution in [0.1, 0.15) is 35.8 Å². The van der Waals surface area contributed by atoms with Gasteiger partial charge < -0.3 is 14.7 Å². The molecule has 0 saturated carbocycles. The van der Waals surface area contributed by atoms with E-state index in [1.54, 1.807) is 6.07 Å². The lowest BCUT2D eigenvalue weighted by atomic mass is 9.97. The average molecular weight is 411 g/mol. The third-order valence-corrected chi connectivity index (χ3v) is 5.68.